The zero-order chi connectivity index (χ0) is 20.0. The van der Waals surface area contributed by atoms with E-state index in [1.165, 1.54) is 11.0 Å². The lowest BCUT2D eigenvalue weighted by Gasteiger charge is -2.38. The van der Waals surface area contributed by atoms with Gasteiger partial charge in [-0.2, -0.15) is 0 Å². The minimum absolute atomic E-state index is 0.151. The highest BCUT2D eigenvalue weighted by atomic mass is 16.3. The summed E-state index contributed by atoms with van der Waals surface area (Å²) in [6.45, 7) is 0.0409. The lowest BCUT2D eigenvalue weighted by Crippen LogP contribution is -2.49. The molecule has 1 aromatic carbocycles. The second kappa shape index (κ2) is 6.91. The molecule has 2 aromatic rings. The highest BCUT2D eigenvalue weighted by Gasteiger charge is 2.57. The predicted octanol–water partition coefficient (Wildman–Crippen LogP) is 0.741. The van der Waals surface area contributed by atoms with Gasteiger partial charge in [0, 0.05) is 50.5 Å². The maximum absolute atomic E-state index is 13.4. The molecule has 4 rings (SSSR count). The van der Waals surface area contributed by atoms with Gasteiger partial charge in [0.2, 0.25) is 5.91 Å². The van der Waals surface area contributed by atoms with E-state index >= 15 is 0 Å². The molecule has 146 valence electrons. The summed E-state index contributed by atoms with van der Waals surface area (Å²) in [4.78, 5) is 42.1. The number of benzene rings is 1. The third-order valence-electron chi connectivity index (χ3n) is 5.90. The van der Waals surface area contributed by atoms with Crippen molar-refractivity contribution in [2.75, 3.05) is 20.7 Å². The maximum atomic E-state index is 13.4. The minimum Gasteiger partial charge on any atom is -0.396 e. The number of pyridine rings is 1. The molecular formula is C21H23N3O4. The van der Waals surface area contributed by atoms with Crippen LogP contribution >= 0.6 is 0 Å². The van der Waals surface area contributed by atoms with Crippen molar-refractivity contribution in [1.29, 1.82) is 0 Å². The van der Waals surface area contributed by atoms with Crippen LogP contribution < -0.4 is 5.56 Å². The zero-order valence-electron chi connectivity index (χ0n) is 15.9. The molecule has 2 aliphatic rings. The standard InChI is InChI=1S/C21H23N3O4/c1-22(2)21(28)18-14(12-25)16-11-23-15(9-6-10-17(23)26)19(18)24(16)20(27)13-7-4-3-5-8-13/h3-10,14,16,18-19,25H,11-12H2,1-2H3/t14-,16-,18+,19+/m1/s1. The monoisotopic (exact) mass is 381 g/mol. The maximum Gasteiger partial charge on any atom is 0.254 e. The fourth-order valence-electron chi connectivity index (χ4n) is 4.64. The van der Waals surface area contributed by atoms with E-state index in [1.54, 1.807) is 60.0 Å². The molecule has 2 amide bonds. The molecule has 2 bridgehead atoms. The Morgan fingerprint density at radius 2 is 1.82 bits per heavy atom. The van der Waals surface area contributed by atoms with Crippen LogP contribution in [0.4, 0.5) is 0 Å². The Kier molecular flexibility index (Phi) is 4.55. The van der Waals surface area contributed by atoms with E-state index in [9.17, 15) is 19.5 Å². The van der Waals surface area contributed by atoms with Crippen LogP contribution in [0.15, 0.2) is 53.3 Å². The smallest absolute Gasteiger partial charge is 0.254 e. The molecule has 2 aliphatic heterocycles. The van der Waals surface area contributed by atoms with E-state index in [-0.39, 0.29) is 30.5 Å². The average Bonchev–Trinajstić information content (AvgIpc) is 2.94. The SMILES string of the molecule is CN(C)C(=O)[C@H]1[C@H](CO)[C@H]2Cn3c(cccc3=O)[C@@H]1N2C(=O)c1ccccc1. The van der Waals surface area contributed by atoms with Gasteiger partial charge in [-0.15, -0.1) is 0 Å². The lowest BCUT2D eigenvalue weighted by molar-refractivity contribution is -0.135. The number of hydrogen-bond donors (Lipinski definition) is 1. The van der Waals surface area contributed by atoms with Gasteiger partial charge in [0.05, 0.1) is 18.0 Å². The third kappa shape index (κ3) is 2.65. The normalized spacial score (nSPS) is 25.3. The Hall–Kier alpha value is -2.93. The molecule has 0 aliphatic carbocycles. The summed E-state index contributed by atoms with van der Waals surface area (Å²) < 4.78 is 1.63. The van der Waals surface area contributed by atoms with Crippen molar-refractivity contribution in [2.24, 2.45) is 11.8 Å². The second-order valence-electron chi connectivity index (χ2n) is 7.60. The van der Waals surface area contributed by atoms with E-state index in [0.29, 0.717) is 11.3 Å². The molecule has 1 N–H and O–H groups in total. The molecule has 0 radical (unpaired) electrons. The Morgan fingerprint density at radius 1 is 1.11 bits per heavy atom. The molecule has 4 atom stereocenters. The molecule has 7 heteroatoms. The summed E-state index contributed by atoms with van der Waals surface area (Å²) in [5.74, 6) is -1.38. The quantitative estimate of drug-likeness (QED) is 0.850. The van der Waals surface area contributed by atoms with Crippen LogP contribution in [0.3, 0.4) is 0 Å². The molecule has 0 unspecified atom stereocenters. The Labute approximate surface area is 162 Å². The topological polar surface area (TPSA) is 82.8 Å². The van der Waals surface area contributed by atoms with E-state index in [2.05, 4.69) is 0 Å². The molecular weight excluding hydrogens is 358 g/mol. The molecule has 1 fully saturated rings. The molecule has 0 spiro atoms. The summed E-state index contributed by atoms with van der Waals surface area (Å²) >= 11 is 0. The van der Waals surface area contributed by atoms with Gasteiger partial charge in [-0.3, -0.25) is 14.4 Å². The molecule has 0 saturated carbocycles. The average molecular weight is 381 g/mol. The largest absolute Gasteiger partial charge is 0.396 e. The van der Waals surface area contributed by atoms with Crippen molar-refractivity contribution in [3.8, 4) is 0 Å². The van der Waals surface area contributed by atoms with Crippen LogP contribution in [0.5, 0.6) is 0 Å². The van der Waals surface area contributed by atoms with Crippen molar-refractivity contribution < 1.29 is 14.7 Å². The first-order chi connectivity index (χ1) is 13.5. The van der Waals surface area contributed by atoms with Crippen molar-refractivity contribution in [1.82, 2.24) is 14.4 Å². The highest BCUT2D eigenvalue weighted by Crippen LogP contribution is 2.49. The zero-order valence-corrected chi connectivity index (χ0v) is 15.9. The summed E-state index contributed by atoms with van der Waals surface area (Å²) in [5, 5.41) is 10.1. The summed E-state index contributed by atoms with van der Waals surface area (Å²) in [6, 6.07) is 12.8. The number of aliphatic hydroxyl groups is 1. The van der Waals surface area contributed by atoms with Gasteiger partial charge in [-0.25, -0.2) is 0 Å². The van der Waals surface area contributed by atoms with Crippen molar-refractivity contribution in [3.63, 3.8) is 0 Å². The van der Waals surface area contributed by atoms with E-state index in [1.807, 2.05) is 6.07 Å². The number of hydrogen-bond acceptors (Lipinski definition) is 4. The van der Waals surface area contributed by atoms with Gasteiger partial charge < -0.3 is 19.5 Å². The van der Waals surface area contributed by atoms with Gasteiger partial charge in [0.25, 0.3) is 11.5 Å². The molecule has 3 heterocycles. The molecule has 28 heavy (non-hydrogen) atoms. The third-order valence-corrected chi connectivity index (χ3v) is 5.90. The van der Waals surface area contributed by atoms with E-state index in [0.717, 1.165) is 0 Å². The van der Waals surface area contributed by atoms with Crippen molar-refractivity contribution in [3.05, 3.63) is 70.1 Å². The first-order valence-corrected chi connectivity index (χ1v) is 9.35. The second-order valence-corrected chi connectivity index (χ2v) is 7.60. The van der Waals surface area contributed by atoms with Crippen LogP contribution in [0.1, 0.15) is 22.1 Å². The van der Waals surface area contributed by atoms with Crippen LogP contribution in [0, 0.1) is 11.8 Å². The van der Waals surface area contributed by atoms with E-state index in [4.69, 9.17) is 0 Å². The number of nitrogens with zero attached hydrogens (tertiary/aromatic N) is 3. The van der Waals surface area contributed by atoms with Gasteiger partial charge in [-0.05, 0) is 18.2 Å². The van der Waals surface area contributed by atoms with Crippen molar-refractivity contribution in [2.45, 2.75) is 18.6 Å². The van der Waals surface area contributed by atoms with Crippen molar-refractivity contribution >= 4 is 11.8 Å². The summed E-state index contributed by atoms with van der Waals surface area (Å²) in [6.07, 6.45) is 0. The summed E-state index contributed by atoms with van der Waals surface area (Å²) in [5.41, 5.74) is 1.01. The molecule has 1 saturated heterocycles. The van der Waals surface area contributed by atoms with Gasteiger partial charge in [-0.1, -0.05) is 24.3 Å². The number of amides is 2. The number of carbonyl (C=O) groups excluding carboxylic acids is 2. The lowest BCUT2D eigenvalue weighted by atomic mass is 9.86. The molecule has 7 nitrogen and oxygen atoms in total. The van der Waals surface area contributed by atoms with Gasteiger partial charge in [0.1, 0.15) is 0 Å². The Morgan fingerprint density at radius 3 is 2.46 bits per heavy atom. The van der Waals surface area contributed by atoms with Crippen LogP contribution in [0.25, 0.3) is 0 Å². The number of carbonyl (C=O) groups is 2. The number of aromatic nitrogens is 1. The van der Waals surface area contributed by atoms with Gasteiger partial charge >= 0.3 is 0 Å². The van der Waals surface area contributed by atoms with E-state index < -0.39 is 23.9 Å². The Balaban J connectivity index is 1.89. The summed E-state index contributed by atoms with van der Waals surface area (Å²) in [7, 11) is 3.33. The number of aliphatic hydroxyl groups excluding tert-OH is 1. The number of rotatable bonds is 3. The molecule has 1 aromatic heterocycles. The Bertz CT molecular complexity index is 969. The highest BCUT2D eigenvalue weighted by molar-refractivity contribution is 5.96. The fourth-order valence-corrected chi connectivity index (χ4v) is 4.64. The predicted molar refractivity (Wildman–Crippen MR) is 103 cm³/mol. The first kappa shape index (κ1) is 18.4. The fraction of sp³-hybridized carbons (Fsp3) is 0.381. The number of fused-ring (bicyclic) bond motifs is 4. The van der Waals surface area contributed by atoms with Crippen LogP contribution in [0.2, 0.25) is 0 Å². The van der Waals surface area contributed by atoms with Crippen LogP contribution in [-0.4, -0.2) is 58.0 Å². The van der Waals surface area contributed by atoms with Gasteiger partial charge in [0.15, 0.2) is 0 Å². The first-order valence-electron chi connectivity index (χ1n) is 9.35. The van der Waals surface area contributed by atoms with Crippen LogP contribution in [-0.2, 0) is 11.3 Å². The minimum atomic E-state index is -0.604.